The van der Waals surface area contributed by atoms with Crippen molar-refractivity contribution in [2.24, 2.45) is 0 Å². The third kappa shape index (κ3) is 6.79. The van der Waals surface area contributed by atoms with Gasteiger partial charge in [0, 0.05) is 17.6 Å². The number of halogens is 2. The molecule has 0 atom stereocenters. The minimum absolute atomic E-state index is 0.170. The van der Waals surface area contributed by atoms with E-state index < -0.39 is 0 Å². The summed E-state index contributed by atoms with van der Waals surface area (Å²) in [6.45, 7) is 0.444. The molecule has 0 bridgehead atoms. The number of ether oxygens (including phenoxy) is 1. The average Bonchev–Trinajstić information content (AvgIpc) is 2.64. The van der Waals surface area contributed by atoms with E-state index in [1.165, 1.54) is 6.08 Å². The highest BCUT2D eigenvalue weighted by Gasteiger charge is 1.98. The third-order valence-electron chi connectivity index (χ3n) is 3.42. The fourth-order valence-electron chi connectivity index (χ4n) is 2.06. The van der Waals surface area contributed by atoms with Gasteiger partial charge in [0.1, 0.15) is 5.75 Å². The van der Waals surface area contributed by atoms with Crippen molar-refractivity contribution in [2.45, 2.75) is 0 Å². The monoisotopic (exact) mass is 387 g/mol. The summed E-state index contributed by atoms with van der Waals surface area (Å²) in [7, 11) is 1.59. The molecule has 3 nitrogen and oxygen atoms in total. The van der Waals surface area contributed by atoms with Crippen LogP contribution in [0.2, 0.25) is 10.0 Å². The van der Waals surface area contributed by atoms with Crippen LogP contribution in [0, 0.1) is 0 Å². The molecule has 5 heteroatoms. The van der Waals surface area contributed by atoms with E-state index in [1.54, 1.807) is 25.3 Å². The van der Waals surface area contributed by atoms with Crippen molar-refractivity contribution in [1.82, 2.24) is 5.32 Å². The van der Waals surface area contributed by atoms with E-state index in [9.17, 15) is 4.79 Å². The lowest BCUT2D eigenvalue weighted by Gasteiger charge is -2.02. The van der Waals surface area contributed by atoms with Gasteiger partial charge in [-0.2, -0.15) is 0 Å². The maximum absolute atomic E-state index is 11.7. The fourth-order valence-corrected chi connectivity index (χ4v) is 2.42. The molecule has 0 saturated carbocycles. The fraction of sp³-hybridized carbons (Fsp3) is 0.0952. The molecule has 1 N–H and O–H groups in total. The summed E-state index contributed by atoms with van der Waals surface area (Å²) in [6, 6.07) is 12.9. The normalized spacial score (nSPS) is 11.5. The van der Waals surface area contributed by atoms with Crippen LogP contribution in [0.1, 0.15) is 11.1 Å². The Balaban J connectivity index is 1.77. The number of allylic oxidation sites excluding steroid dienone is 2. The largest absolute Gasteiger partial charge is 0.497 e. The van der Waals surface area contributed by atoms with Crippen molar-refractivity contribution >= 4 is 41.3 Å². The zero-order chi connectivity index (χ0) is 18.8. The average molecular weight is 388 g/mol. The second-order valence-corrected chi connectivity index (χ2v) is 6.15. The van der Waals surface area contributed by atoms with E-state index in [0.717, 1.165) is 11.1 Å². The SMILES string of the molecule is COc1ccc(C=CC=CC(=O)NCC=Cc2ccc(Cl)cc2)c(Cl)c1. The Kier molecular flexibility index (Phi) is 8.00. The van der Waals surface area contributed by atoms with Crippen molar-refractivity contribution < 1.29 is 9.53 Å². The number of benzene rings is 2. The molecule has 0 unspecified atom stereocenters. The second kappa shape index (κ2) is 10.5. The Morgan fingerprint density at radius 2 is 1.85 bits per heavy atom. The number of carbonyl (C=O) groups excluding carboxylic acids is 1. The summed E-state index contributed by atoms with van der Waals surface area (Å²) in [5, 5.41) is 4.06. The van der Waals surface area contributed by atoms with Gasteiger partial charge in [0.15, 0.2) is 0 Å². The van der Waals surface area contributed by atoms with E-state index in [1.807, 2.05) is 54.6 Å². The predicted molar refractivity (Wildman–Crippen MR) is 110 cm³/mol. The first-order chi connectivity index (χ1) is 12.6. The summed E-state index contributed by atoms with van der Waals surface area (Å²) < 4.78 is 5.10. The Morgan fingerprint density at radius 1 is 1.08 bits per heavy atom. The van der Waals surface area contributed by atoms with Crippen LogP contribution in [0.25, 0.3) is 12.2 Å². The first-order valence-electron chi connectivity index (χ1n) is 7.97. The van der Waals surface area contributed by atoms with Gasteiger partial charge >= 0.3 is 0 Å². The molecule has 0 spiro atoms. The Hall–Kier alpha value is -2.49. The molecule has 2 rings (SSSR count). The summed E-state index contributed by atoms with van der Waals surface area (Å²) in [5.41, 5.74) is 1.88. The van der Waals surface area contributed by atoms with Crippen LogP contribution in [0.3, 0.4) is 0 Å². The highest BCUT2D eigenvalue weighted by Crippen LogP contribution is 2.23. The van der Waals surface area contributed by atoms with Crippen LogP contribution in [0.5, 0.6) is 5.75 Å². The Morgan fingerprint density at radius 3 is 2.54 bits per heavy atom. The molecule has 0 aliphatic heterocycles. The van der Waals surface area contributed by atoms with Gasteiger partial charge in [0.05, 0.1) is 12.1 Å². The zero-order valence-electron chi connectivity index (χ0n) is 14.3. The molecule has 2 aromatic carbocycles. The molecule has 2 aromatic rings. The minimum Gasteiger partial charge on any atom is -0.497 e. The first-order valence-corrected chi connectivity index (χ1v) is 8.72. The highest BCUT2D eigenvalue weighted by molar-refractivity contribution is 6.32. The van der Waals surface area contributed by atoms with Gasteiger partial charge in [-0.15, -0.1) is 0 Å². The predicted octanol–water partition coefficient (Wildman–Crippen LogP) is 5.40. The van der Waals surface area contributed by atoms with E-state index >= 15 is 0 Å². The zero-order valence-corrected chi connectivity index (χ0v) is 15.8. The van der Waals surface area contributed by atoms with Crippen LogP contribution >= 0.6 is 23.2 Å². The molecule has 0 saturated heterocycles. The lowest BCUT2D eigenvalue weighted by Crippen LogP contribution is -2.20. The topological polar surface area (TPSA) is 38.3 Å². The van der Waals surface area contributed by atoms with Crippen molar-refractivity contribution in [1.29, 1.82) is 0 Å². The molecule has 0 aliphatic rings. The van der Waals surface area contributed by atoms with Crippen molar-refractivity contribution in [3.05, 3.63) is 87.9 Å². The molecular formula is C21H19Cl2NO2. The minimum atomic E-state index is -0.170. The summed E-state index contributed by atoms with van der Waals surface area (Å²) in [6.07, 6.45) is 10.5. The van der Waals surface area contributed by atoms with Gasteiger partial charge in [-0.05, 0) is 41.5 Å². The lowest BCUT2D eigenvalue weighted by atomic mass is 10.2. The molecule has 134 valence electrons. The lowest BCUT2D eigenvalue weighted by molar-refractivity contribution is -0.116. The molecule has 0 fully saturated rings. The number of hydrogen-bond donors (Lipinski definition) is 1. The summed E-state index contributed by atoms with van der Waals surface area (Å²) in [5.74, 6) is 0.532. The summed E-state index contributed by atoms with van der Waals surface area (Å²) in [4.78, 5) is 11.7. The van der Waals surface area contributed by atoms with Gasteiger partial charge in [0.2, 0.25) is 5.91 Å². The number of amides is 1. The van der Waals surface area contributed by atoms with Crippen molar-refractivity contribution in [2.75, 3.05) is 13.7 Å². The van der Waals surface area contributed by atoms with Crippen LogP contribution < -0.4 is 10.1 Å². The van der Waals surface area contributed by atoms with Gasteiger partial charge in [-0.1, -0.05) is 65.7 Å². The maximum Gasteiger partial charge on any atom is 0.244 e. The van der Waals surface area contributed by atoms with Crippen LogP contribution in [-0.4, -0.2) is 19.6 Å². The Bertz CT molecular complexity index is 824. The number of methoxy groups -OCH3 is 1. The first kappa shape index (κ1) is 19.8. The number of carbonyl (C=O) groups is 1. The van der Waals surface area contributed by atoms with Crippen molar-refractivity contribution in [3.8, 4) is 5.75 Å². The standard InChI is InChI=1S/C21H19Cl2NO2/c1-26-19-13-10-17(20(23)15-19)6-2-3-7-21(25)24-14-4-5-16-8-11-18(22)12-9-16/h2-13,15H,14H2,1H3,(H,24,25). The van der Waals surface area contributed by atoms with Gasteiger partial charge in [0.25, 0.3) is 0 Å². The molecule has 0 aliphatic carbocycles. The quantitative estimate of drug-likeness (QED) is 0.509. The van der Waals surface area contributed by atoms with Crippen LogP contribution in [-0.2, 0) is 4.79 Å². The number of nitrogens with one attached hydrogen (secondary N) is 1. The van der Waals surface area contributed by atoms with Gasteiger partial charge in [-0.25, -0.2) is 0 Å². The molecular weight excluding hydrogens is 369 g/mol. The molecule has 0 heterocycles. The van der Waals surface area contributed by atoms with Crippen LogP contribution in [0.4, 0.5) is 0 Å². The number of hydrogen-bond acceptors (Lipinski definition) is 2. The molecule has 26 heavy (non-hydrogen) atoms. The van der Waals surface area contributed by atoms with Crippen LogP contribution in [0.15, 0.2) is 66.8 Å². The van der Waals surface area contributed by atoms with E-state index in [2.05, 4.69) is 5.32 Å². The highest BCUT2D eigenvalue weighted by atomic mass is 35.5. The second-order valence-electron chi connectivity index (χ2n) is 5.30. The molecule has 1 amide bonds. The maximum atomic E-state index is 11.7. The van der Waals surface area contributed by atoms with Gasteiger partial charge in [-0.3, -0.25) is 4.79 Å². The molecule has 0 aromatic heterocycles. The summed E-state index contributed by atoms with van der Waals surface area (Å²) >= 11 is 12.0. The van der Waals surface area contributed by atoms with E-state index in [0.29, 0.717) is 22.3 Å². The Labute approximate surface area is 163 Å². The number of rotatable bonds is 7. The smallest absolute Gasteiger partial charge is 0.244 e. The molecule has 0 radical (unpaired) electrons. The van der Waals surface area contributed by atoms with E-state index in [4.69, 9.17) is 27.9 Å². The van der Waals surface area contributed by atoms with Gasteiger partial charge < -0.3 is 10.1 Å². The van der Waals surface area contributed by atoms with Crippen molar-refractivity contribution in [3.63, 3.8) is 0 Å². The third-order valence-corrected chi connectivity index (χ3v) is 4.00. The van der Waals surface area contributed by atoms with E-state index in [-0.39, 0.29) is 5.91 Å².